The quantitative estimate of drug-likeness (QED) is 0.407. The molecule has 0 amide bonds. The van der Waals surface area contributed by atoms with Crippen molar-refractivity contribution < 1.29 is 4.74 Å². The lowest BCUT2D eigenvalue weighted by molar-refractivity contribution is 0.0906. The van der Waals surface area contributed by atoms with E-state index in [9.17, 15) is 4.79 Å². The van der Waals surface area contributed by atoms with E-state index in [1.54, 1.807) is 0 Å². The summed E-state index contributed by atoms with van der Waals surface area (Å²) in [4.78, 5) is 21.6. The van der Waals surface area contributed by atoms with Crippen LogP contribution in [0.25, 0.3) is 10.9 Å². The number of H-pyrrole nitrogens is 1. The van der Waals surface area contributed by atoms with E-state index in [2.05, 4.69) is 88.3 Å². The molecule has 0 unspecified atom stereocenters. The summed E-state index contributed by atoms with van der Waals surface area (Å²) in [5, 5.41) is 13.9. The van der Waals surface area contributed by atoms with E-state index in [0.29, 0.717) is 17.9 Å². The number of ether oxygens (including phenoxy) is 1. The summed E-state index contributed by atoms with van der Waals surface area (Å²) < 4.78 is 7.75. The Morgan fingerprint density at radius 2 is 1.82 bits per heavy atom. The van der Waals surface area contributed by atoms with Gasteiger partial charge in [-0.15, -0.1) is 5.10 Å². The van der Waals surface area contributed by atoms with E-state index in [1.807, 2.05) is 10.7 Å². The first kappa shape index (κ1) is 25.7. The number of rotatable bonds is 6. The average Bonchev–Trinajstić information content (AvgIpc) is 3.61. The largest absolute Gasteiger partial charge is 0.376 e. The highest BCUT2D eigenvalue weighted by Crippen LogP contribution is 2.31. The number of fused-ring (bicyclic) bond motifs is 1. The van der Waals surface area contributed by atoms with Crippen molar-refractivity contribution in [1.82, 2.24) is 30.1 Å². The summed E-state index contributed by atoms with van der Waals surface area (Å²) in [5.41, 5.74) is 7.68. The van der Waals surface area contributed by atoms with Crippen LogP contribution in [0.4, 0.5) is 5.69 Å². The first-order chi connectivity index (χ1) is 18.9. The third-order valence-corrected chi connectivity index (χ3v) is 8.58. The Hall–Kier alpha value is -3.56. The molecule has 0 saturated carbocycles. The van der Waals surface area contributed by atoms with Crippen molar-refractivity contribution >= 4 is 16.6 Å². The predicted molar refractivity (Wildman–Crippen MR) is 152 cm³/mol. The second-order valence-electron chi connectivity index (χ2n) is 11.1. The number of anilines is 1. The van der Waals surface area contributed by atoms with Crippen LogP contribution in [0.15, 0.2) is 41.2 Å². The van der Waals surface area contributed by atoms with E-state index in [-0.39, 0.29) is 17.7 Å². The number of aromatic amines is 1. The topological polar surface area (TPSA) is 92.2 Å². The first-order valence-electron chi connectivity index (χ1n) is 14.0. The number of nitrogens with zero attached hydrogens (tertiary/aromatic N) is 6. The van der Waals surface area contributed by atoms with E-state index >= 15 is 0 Å². The number of hydrogen-bond acceptors (Lipinski definition) is 7. The molecule has 0 spiro atoms. The lowest BCUT2D eigenvalue weighted by atomic mass is 10.00. The number of tetrazole rings is 1. The van der Waals surface area contributed by atoms with Crippen molar-refractivity contribution in [3.8, 4) is 0 Å². The Morgan fingerprint density at radius 3 is 2.59 bits per heavy atom. The van der Waals surface area contributed by atoms with Crippen molar-refractivity contribution in [2.45, 2.75) is 59.2 Å². The van der Waals surface area contributed by atoms with Gasteiger partial charge in [-0.3, -0.25) is 9.69 Å². The number of aryl methyl sites for hydroxylation is 3. The van der Waals surface area contributed by atoms with Crippen LogP contribution in [-0.2, 0) is 11.3 Å². The number of piperazine rings is 1. The molecule has 4 heterocycles. The maximum Gasteiger partial charge on any atom is 0.253 e. The van der Waals surface area contributed by atoms with Crippen molar-refractivity contribution in [2.75, 3.05) is 37.7 Å². The number of hydrogen-bond donors (Lipinski definition) is 1. The first-order valence-corrected chi connectivity index (χ1v) is 14.0. The highest BCUT2D eigenvalue weighted by atomic mass is 16.5. The molecule has 2 aromatic heterocycles. The van der Waals surface area contributed by atoms with Crippen LogP contribution in [0.2, 0.25) is 0 Å². The molecule has 204 valence electrons. The van der Waals surface area contributed by atoms with Gasteiger partial charge >= 0.3 is 0 Å². The molecule has 0 radical (unpaired) electrons. The van der Waals surface area contributed by atoms with Gasteiger partial charge in [-0.2, -0.15) is 0 Å². The van der Waals surface area contributed by atoms with Gasteiger partial charge in [0.05, 0.1) is 12.6 Å². The van der Waals surface area contributed by atoms with Gasteiger partial charge in [0, 0.05) is 49.6 Å². The van der Waals surface area contributed by atoms with Crippen molar-refractivity contribution in [1.29, 1.82) is 0 Å². The van der Waals surface area contributed by atoms with Gasteiger partial charge < -0.3 is 14.6 Å². The second-order valence-corrected chi connectivity index (χ2v) is 11.1. The molecule has 6 rings (SSSR count). The standard InChI is InChI=1S/C30H37N7O2/c1-19-7-5-9-27(22(19)4)35-10-12-36(13-11-35)28(29-32-33-34-37(29)18-24-8-6-14-39-24)25-17-23-15-20(2)21(3)16-26(23)31-30(25)38/h5,7,9,15-17,24,28H,6,8,10-14,18H2,1-4H3,(H,31,38)/t24-,28+/m0/s1. The molecule has 9 nitrogen and oxygen atoms in total. The van der Waals surface area contributed by atoms with E-state index in [4.69, 9.17) is 4.74 Å². The normalized spacial score (nSPS) is 19.2. The monoisotopic (exact) mass is 527 g/mol. The summed E-state index contributed by atoms with van der Waals surface area (Å²) in [7, 11) is 0. The molecule has 39 heavy (non-hydrogen) atoms. The average molecular weight is 528 g/mol. The van der Waals surface area contributed by atoms with Crippen LogP contribution in [-0.4, -0.2) is 69.0 Å². The summed E-state index contributed by atoms with van der Waals surface area (Å²) in [5.74, 6) is 0.694. The SMILES string of the molecule is Cc1cc2cc([C@H](c3nnnn3C[C@@H]3CCCO3)N3CCN(c4cccc(C)c4C)CC3)c(=O)[nH]c2cc1C. The van der Waals surface area contributed by atoms with Gasteiger partial charge in [0.2, 0.25) is 0 Å². The van der Waals surface area contributed by atoms with Crippen LogP contribution in [0.1, 0.15) is 52.5 Å². The zero-order valence-corrected chi connectivity index (χ0v) is 23.3. The minimum absolute atomic E-state index is 0.0922. The van der Waals surface area contributed by atoms with Crippen molar-refractivity contribution in [3.63, 3.8) is 0 Å². The minimum atomic E-state index is -0.364. The number of benzene rings is 2. The molecule has 2 aliphatic rings. The maximum atomic E-state index is 13.6. The molecule has 4 aromatic rings. The van der Waals surface area contributed by atoms with Gasteiger partial charge in [-0.05, 0) is 103 Å². The fourth-order valence-electron chi connectivity index (χ4n) is 6.01. The Balaban J connectivity index is 1.38. The van der Waals surface area contributed by atoms with Crippen LogP contribution in [0.3, 0.4) is 0 Å². The number of nitrogens with one attached hydrogen (secondary N) is 1. The van der Waals surface area contributed by atoms with Gasteiger partial charge in [-0.1, -0.05) is 12.1 Å². The molecule has 0 bridgehead atoms. The molecular formula is C30H37N7O2. The lowest BCUT2D eigenvalue weighted by Crippen LogP contribution is -2.49. The smallest absolute Gasteiger partial charge is 0.253 e. The summed E-state index contributed by atoms with van der Waals surface area (Å²) in [6, 6.07) is 12.4. The third kappa shape index (κ3) is 4.96. The summed E-state index contributed by atoms with van der Waals surface area (Å²) >= 11 is 0. The highest BCUT2D eigenvalue weighted by molar-refractivity contribution is 5.81. The third-order valence-electron chi connectivity index (χ3n) is 8.58. The zero-order valence-electron chi connectivity index (χ0n) is 23.3. The number of aromatic nitrogens is 5. The highest BCUT2D eigenvalue weighted by Gasteiger charge is 2.34. The summed E-state index contributed by atoms with van der Waals surface area (Å²) in [6.07, 6.45) is 2.14. The number of pyridine rings is 1. The molecule has 1 N–H and O–H groups in total. The maximum absolute atomic E-state index is 13.6. The van der Waals surface area contributed by atoms with Gasteiger partial charge in [0.25, 0.3) is 5.56 Å². The molecule has 2 saturated heterocycles. The molecule has 2 fully saturated rings. The lowest BCUT2D eigenvalue weighted by Gasteiger charge is -2.40. The summed E-state index contributed by atoms with van der Waals surface area (Å²) in [6.45, 7) is 13.2. The van der Waals surface area contributed by atoms with Crippen molar-refractivity contribution in [3.05, 3.63) is 80.4 Å². The Kier molecular flexibility index (Phi) is 6.95. The fourth-order valence-corrected chi connectivity index (χ4v) is 6.01. The van der Waals surface area contributed by atoms with Crippen molar-refractivity contribution in [2.24, 2.45) is 0 Å². The van der Waals surface area contributed by atoms with Crippen LogP contribution in [0.5, 0.6) is 0 Å². The van der Waals surface area contributed by atoms with Gasteiger partial charge in [-0.25, -0.2) is 4.68 Å². The minimum Gasteiger partial charge on any atom is -0.376 e. The van der Waals surface area contributed by atoms with Crippen LogP contribution >= 0.6 is 0 Å². The second kappa shape index (κ2) is 10.5. The molecule has 2 aliphatic heterocycles. The molecular weight excluding hydrogens is 490 g/mol. The Bertz CT molecular complexity index is 1540. The molecule has 9 heteroatoms. The van der Waals surface area contributed by atoms with E-state index < -0.39 is 0 Å². The molecule has 2 aromatic carbocycles. The molecule has 0 aliphatic carbocycles. The molecule has 2 atom stereocenters. The fraction of sp³-hybridized carbons (Fsp3) is 0.467. The Morgan fingerprint density at radius 1 is 1.03 bits per heavy atom. The van der Waals surface area contributed by atoms with Crippen LogP contribution in [0, 0.1) is 27.7 Å². The van der Waals surface area contributed by atoms with Crippen LogP contribution < -0.4 is 10.5 Å². The van der Waals surface area contributed by atoms with E-state index in [0.717, 1.165) is 62.1 Å². The predicted octanol–water partition coefficient (Wildman–Crippen LogP) is 3.84. The Labute approximate surface area is 228 Å². The van der Waals surface area contributed by atoms with E-state index in [1.165, 1.54) is 22.4 Å². The zero-order chi connectivity index (χ0) is 27.1. The van der Waals surface area contributed by atoms with Gasteiger partial charge in [0.15, 0.2) is 5.82 Å². The van der Waals surface area contributed by atoms with Gasteiger partial charge in [0.1, 0.15) is 6.04 Å².